The summed E-state index contributed by atoms with van der Waals surface area (Å²) in [4.78, 5) is 54.9. The van der Waals surface area contributed by atoms with Gasteiger partial charge in [-0.2, -0.15) is 0 Å². The molecule has 8 nitrogen and oxygen atoms in total. The maximum Gasteiger partial charge on any atom is 0.325 e. The number of nitrogens with zero attached hydrogens (tertiary/aromatic N) is 2. The van der Waals surface area contributed by atoms with Crippen LogP contribution in [-0.2, 0) is 20.8 Å². The van der Waals surface area contributed by atoms with Gasteiger partial charge in [0.15, 0.2) is 0 Å². The molecule has 1 aliphatic carbocycles. The first-order valence-corrected chi connectivity index (χ1v) is 12.3. The molecule has 4 rings (SSSR count). The minimum absolute atomic E-state index is 0.253. The number of anilines is 1. The number of amides is 5. The fourth-order valence-corrected chi connectivity index (χ4v) is 5.01. The molecule has 2 fully saturated rings. The van der Waals surface area contributed by atoms with Gasteiger partial charge in [0, 0.05) is 18.7 Å². The molecule has 1 spiro atoms. The smallest absolute Gasteiger partial charge is 0.325 e. The lowest BCUT2D eigenvalue weighted by Crippen LogP contribution is -2.53. The topological polar surface area (TPSA) is 98.8 Å². The van der Waals surface area contributed by atoms with Gasteiger partial charge in [-0.3, -0.25) is 19.3 Å². The Labute approximate surface area is 205 Å². The summed E-state index contributed by atoms with van der Waals surface area (Å²) in [6, 6.07) is 17.3. The molecule has 0 aromatic heterocycles. The number of hydrogen-bond acceptors (Lipinski definition) is 4. The highest BCUT2D eigenvalue weighted by Crippen LogP contribution is 2.33. The van der Waals surface area contributed by atoms with Crippen LogP contribution in [0.3, 0.4) is 0 Å². The van der Waals surface area contributed by atoms with E-state index in [1.807, 2.05) is 67.6 Å². The molecule has 0 bridgehead atoms. The number of imide groups is 1. The second-order valence-corrected chi connectivity index (χ2v) is 9.19. The van der Waals surface area contributed by atoms with Crippen molar-refractivity contribution in [3.63, 3.8) is 0 Å². The largest absolute Gasteiger partial charge is 0.342 e. The zero-order valence-corrected chi connectivity index (χ0v) is 20.0. The minimum atomic E-state index is -0.888. The lowest BCUT2D eigenvalue weighted by molar-refractivity contribution is -0.136. The summed E-state index contributed by atoms with van der Waals surface area (Å²) in [5, 5.41) is 5.63. The van der Waals surface area contributed by atoms with Crippen molar-refractivity contribution in [1.82, 2.24) is 15.5 Å². The Balaban J connectivity index is 1.50. The average molecular weight is 477 g/mol. The predicted molar refractivity (Wildman–Crippen MR) is 133 cm³/mol. The van der Waals surface area contributed by atoms with E-state index in [1.165, 1.54) is 0 Å². The predicted octanol–water partition coefficient (Wildman–Crippen LogP) is 3.02. The van der Waals surface area contributed by atoms with Gasteiger partial charge in [0.1, 0.15) is 18.1 Å². The van der Waals surface area contributed by atoms with Crippen molar-refractivity contribution in [3.05, 3.63) is 66.2 Å². The lowest BCUT2D eigenvalue weighted by atomic mass is 9.82. The monoisotopic (exact) mass is 476 g/mol. The van der Waals surface area contributed by atoms with Crippen LogP contribution in [0.15, 0.2) is 60.7 Å². The van der Waals surface area contributed by atoms with Crippen LogP contribution in [0.5, 0.6) is 0 Å². The van der Waals surface area contributed by atoms with Gasteiger partial charge < -0.3 is 15.5 Å². The first kappa shape index (κ1) is 24.4. The number of para-hydroxylation sites is 1. The number of likely N-dealkylation sites (N-methyl/N-ethyl adjacent to an activating group) is 1. The molecule has 1 unspecified atom stereocenters. The Bertz CT molecular complexity index is 1070. The van der Waals surface area contributed by atoms with E-state index < -0.39 is 30.1 Å². The number of carbonyl (C=O) groups is 4. The van der Waals surface area contributed by atoms with E-state index in [0.29, 0.717) is 25.8 Å². The van der Waals surface area contributed by atoms with Crippen LogP contribution in [0.1, 0.15) is 44.6 Å². The summed E-state index contributed by atoms with van der Waals surface area (Å²) >= 11 is 0. The Morgan fingerprint density at radius 3 is 2.26 bits per heavy atom. The van der Waals surface area contributed by atoms with Crippen molar-refractivity contribution < 1.29 is 19.2 Å². The molecule has 1 heterocycles. The van der Waals surface area contributed by atoms with Crippen molar-refractivity contribution in [2.45, 2.75) is 57.0 Å². The van der Waals surface area contributed by atoms with Gasteiger partial charge in [0.25, 0.3) is 5.91 Å². The number of nitrogens with one attached hydrogen (secondary N) is 2. The fraction of sp³-hybridized carbons (Fsp3) is 0.407. The standard InChI is InChI=1S/C27H32N4O4/c1-2-30(21-14-8-4-9-15-21)24(33)22(18-20-12-6-3-7-13-20)28-23(32)19-31-25(34)27(29-26(31)35)16-10-5-11-17-27/h3-4,6-9,12-15,22H,2,5,10-11,16-19H2,1H3,(H,28,32)(H,29,35). The zero-order chi connectivity index (χ0) is 24.8. The Morgan fingerprint density at radius 2 is 1.63 bits per heavy atom. The maximum absolute atomic E-state index is 13.6. The molecular formula is C27H32N4O4. The third-order valence-electron chi connectivity index (χ3n) is 6.82. The number of benzene rings is 2. The summed E-state index contributed by atoms with van der Waals surface area (Å²) < 4.78 is 0. The highest BCUT2D eigenvalue weighted by molar-refractivity contribution is 6.09. The van der Waals surface area contributed by atoms with Crippen molar-refractivity contribution >= 4 is 29.4 Å². The number of rotatable bonds is 8. The Hall–Kier alpha value is -3.68. The van der Waals surface area contributed by atoms with Crippen LogP contribution in [0, 0.1) is 0 Å². The van der Waals surface area contributed by atoms with Crippen LogP contribution >= 0.6 is 0 Å². The van der Waals surface area contributed by atoms with Crippen LogP contribution in [0.4, 0.5) is 10.5 Å². The van der Waals surface area contributed by atoms with Crippen molar-refractivity contribution in [3.8, 4) is 0 Å². The van der Waals surface area contributed by atoms with E-state index in [0.717, 1.165) is 35.4 Å². The van der Waals surface area contributed by atoms with Crippen LogP contribution in [0.25, 0.3) is 0 Å². The molecule has 2 aliphatic rings. The first-order valence-electron chi connectivity index (χ1n) is 12.3. The van der Waals surface area contributed by atoms with Crippen LogP contribution in [0.2, 0.25) is 0 Å². The molecule has 184 valence electrons. The summed E-state index contributed by atoms with van der Waals surface area (Å²) in [6.07, 6.45) is 4.24. The molecule has 2 aromatic carbocycles. The van der Waals surface area contributed by atoms with Crippen molar-refractivity contribution in [2.24, 2.45) is 0 Å². The molecule has 1 saturated carbocycles. The second kappa shape index (κ2) is 10.7. The van der Waals surface area contributed by atoms with E-state index in [9.17, 15) is 19.2 Å². The molecule has 1 aliphatic heterocycles. The molecule has 1 saturated heterocycles. The number of carbonyl (C=O) groups excluding carboxylic acids is 4. The first-order chi connectivity index (χ1) is 16.9. The lowest BCUT2D eigenvalue weighted by Gasteiger charge is -2.30. The van der Waals surface area contributed by atoms with Gasteiger partial charge in [0.05, 0.1) is 0 Å². The van der Waals surface area contributed by atoms with Crippen molar-refractivity contribution in [2.75, 3.05) is 18.0 Å². The van der Waals surface area contributed by atoms with Gasteiger partial charge in [-0.1, -0.05) is 67.8 Å². The number of hydrogen-bond donors (Lipinski definition) is 2. The highest BCUT2D eigenvalue weighted by Gasteiger charge is 2.51. The number of urea groups is 1. The summed E-state index contributed by atoms with van der Waals surface area (Å²) in [5.74, 6) is -1.14. The fourth-order valence-electron chi connectivity index (χ4n) is 5.01. The quantitative estimate of drug-likeness (QED) is 0.572. The van der Waals surface area contributed by atoms with E-state index in [1.54, 1.807) is 4.90 Å². The molecular weight excluding hydrogens is 444 g/mol. The molecule has 5 amide bonds. The van der Waals surface area contributed by atoms with Crippen molar-refractivity contribution in [1.29, 1.82) is 0 Å². The highest BCUT2D eigenvalue weighted by atomic mass is 16.2. The Morgan fingerprint density at radius 1 is 1.00 bits per heavy atom. The SMILES string of the molecule is CCN(C(=O)C(Cc1ccccc1)NC(=O)CN1C(=O)NC2(CCCCC2)C1=O)c1ccccc1. The normalized spacial score (nSPS) is 17.7. The van der Waals surface area contributed by atoms with Crippen LogP contribution < -0.4 is 15.5 Å². The third-order valence-corrected chi connectivity index (χ3v) is 6.82. The van der Waals surface area contributed by atoms with Crippen LogP contribution in [-0.4, -0.2) is 53.3 Å². The molecule has 2 aromatic rings. The molecule has 1 atom stereocenters. The Kier molecular flexibility index (Phi) is 7.48. The van der Waals surface area contributed by atoms with Gasteiger partial charge in [-0.05, 0) is 37.5 Å². The molecule has 35 heavy (non-hydrogen) atoms. The zero-order valence-electron chi connectivity index (χ0n) is 20.0. The van der Waals surface area contributed by atoms with E-state index >= 15 is 0 Å². The van der Waals surface area contributed by atoms with Gasteiger partial charge in [0.2, 0.25) is 11.8 Å². The molecule has 8 heteroatoms. The third kappa shape index (κ3) is 5.37. The second-order valence-electron chi connectivity index (χ2n) is 9.19. The maximum atomic E-state index is 13.6. The molecule has 2 N–H and O–H groups in total. The van der Waals surface area contributed by atoms with E-state index in [4.69, 9.17) is 0 Å². The molecule has 0 radical (unpaired) electrons. The minimum Gasteiger partial charge on any atom is -0.342 e. The summed E-state index contributed by atoms with van der Waals surface area (Å²) in [6.45, 7) is 1.89. The average Bonchev–Trinajstić information content (AvgIpc) is 3.09. The van der Waals surface area contributed by atoms with E-state index in [-0.39, 0.29) is 11.8 Å². The summed E-state index contributed by atoms with van der Waals surface area (Å²) in [5.41, 5.74) is 0.744. The van der Waals surface area contributed by atoms with Gasteiger partial charge >= 0.3 is 6.03 Å². The van der Waals surface area contributed by atoms with E-state index in [2.05, 4.69) is 10.6 Å². The summed E-state index contributed by atoms with van der Waals surface area (Å²) in [7, 11) is 0. The van der Waals surface area contributed by atoms with Gasteiger partial charge in [-0.15, -0.1) is 0 Å². The van der Waals surface area contributed by atoms with Gasteiger partial charge in [-0.25, -0.2) is 4.79 Å².